The van der Waals surface area contributed by atoms with E-state index >= 15 is 0 Å². The summed E-state index contributed by atoms with van der Waals surface area (Å²) in [6, 6.07) is 0.832. The molecule has 2 unspecified atom stereocenters. The van der Waals surface area contributed by atoms with Crippen LogP contribution in [0.3, 0.4) is 0 Å². The number of rotatable bonds is 2. The molecular weight excluding hydrogens is 166 g/mol. The van der Waals surface area contributed by atoms with Crippen molar-refractivity contribution in [3.8, 4) is 0 Å². The van der Waals surface area contributed by atoms with E-state index in [1.54, 1.807) is 0 Å². The summed E-state index contributed by atoms with van der Waals surface area (Å²) in [6.45, 7) is 0. The van der Waals surface area contributed by atoms with E-state index in [2.05, 4.69) is 24.1 Å². The zero-order valence-corrected chi connectivity index (χ0v) is 8.70. The third-order valence-electron chi connectivity index (χ3n) is 3.35. The molecule has 1 nitrogen and oxygen atoms in total. The highest BCUT2D eigenvalue weighted by Crippen LogP contribution is 2.40. The Morgan fingerprint density at radius 3 is 2.42 bits per heavy atom. The van der Waals surface area contributed by atoms with Crippen LogP contribution < -0.4 is 5.32 Å². The molecule has 0 bridgehead atoms. The van der Waals surface area contributed by atoms with Gasteiger partial charge in [-0.15, -0.1) is 0 Å². The lowest BCUT2D eigenvalue weighted by Crippen LogP contribution is -2.50. The molecule has 2 aliphatic rings. The highest BCUT2D eigenvalue weighted by molar-refractivity contribution is 8.01. The van der Waals surface area contributed by atoms with E-state index in [9.17, 15) is 0 Å². The summed E-state index contributed by atoms with van der Waals surface area (Å²) in [5.41, 5.74) is 0. The smallest absolute Gasteiger partial charge is 0.0276 e. The Hall–Kier alpha value is 0.310. The van der Waals surface area contributed by atoms with E-state index in [0.29, 0.717) is 0 Å². The van der Waals surface area contributed by atoms with Crippen molar-refractivity contribution in [1.29, 1.82) is 0 Å². The van der Waals surface area contributed by atoms with Gasteiger partial charge in [0.25, 0.3) is 0 Å². The maximum atomic E-state index is 3.43. The molecule has 2 fully saturated rings. The lowest BCUT2D eigenvalue weighted by Gasteiger charge is -2.42. The highest BCUT2D eigenvalue weighted by Gasteiger charge is 2.36. The Balaban J connectivity index is 1.82. The van der Waals surface area contributed by atoms with Gasteiger partial charge >= 0.3 is 0 Å². The number of hydrogen-bond acceptors (Lipinski definition) is 2. The molecular formula is C10H19NS. The van der Waals surface area contributed by atoms with Crippen molar-refractivity contribution in [1.82, 2.24) is 5.32 Å². The van der Waals surface area contributed by atoms with Gasteiger partial charge in [0.2, 0.25) is 0 Å². The molecule has 1 aliphatic heterocycles. The first-order valence-corrected chi connectivity index (χ1v) is 6.25. The standard InChI is InChI=1S/C10H19NS/c1-11-9-7-12-10(9)8-5-3-2-4-6-8/h8-11H,2-7H2,1H3. The monoisotopic (exact) mass is 185 g/mol. The van der Waals surface area contributed by atoms with Crippen molar-refractivity contribution in [2.45, 2.75) is 43.4 Å². The summed E-state index contributed by atoms with van der Waals surface area (Å²) in [5, 5.41) is 4.38. The normalized spacial score (nSPS) is 37.8. The van der Waals surface area contributed by atoms with Crippen molar-refractivity contribution in [3.05, 3.63) is 0 Å². The lowest BCUT2D eigenvalue weighted by atomic mass is 9.84. The van der Waals surface area contributed by atoms with Crippen LogP contribution >= 0.6 is 11.8 Å². The van der Waals surface area contributed by atoms with E-state index < -0.39 is 0 Å². The van der Waals surface area contributed by atoms with Crippen LogP contribution in [-0.4, -0.2) is 24.1 Å². The van der Waals surface area contributed by atoms with Crippen molar-refractivity contribution in [2.24, 2.45) is 5.92 Å². The Kier molecular flexibility index (Phi) is 2.97. The van der Waals surface area contributed by atoms with Crippen LogP contribution in [0.5, 0.6) is 0 Å². The predicted molar refractivity (Wildman–Crippen MR) is 55.7 cm³/mol. The van der Waals surface area contributed by atoms with Crippen molar-refractivity contribution in [3.63, 3.8) is 0 Å². The highest BCUT2D eigenvalue weighted by atomic mass is 32.2. The van der Waals surface area contributed by atoms with Crippen LogP contribution in [0.2, 0.25) is 0 Å². The zero-order valence-electron chi connectivity index (χ0n) is 7.88. The summed E-state index contributed by atoms with van der Waals surface area (Å²) in [6.07, 6.45) is 7.44. The van der Waals surface area contributed by atoms with Gasteiger partial charge in [-0.3, -0.25) is 0 Å². The fourth-order valence-corrected chi connectivity index (χ4v) is 3.93. The molecule has 1 heterocycles. The summed E-state index contributed by atoms with van der Waals surface area (Å²) in [4.78, 5) is 0. The van der Waals surface area contributed by atoms with Gasteiger partial charge in [0.05, 0.1) is 0 Å². The van der Waals surface area contributed by atoms with Crippen LogP contribution in [0.1, 0.15) is 32.1 Å². The van der Waals surface area contributed by atoms with E-state index in [1.807, 2.05) is 0 Å². The van der Waals surface area contributed by atoms with Gasteiger partial charge in [-0.25, -0.2) is 0 Å². The molecule has 1 saturated carbocycles. The molecule has 12 heavy (non-hydrogen) atoms. The second kappa shape index (κ2) is 4.01. The van der Waals surface area contributed by atoms with Gasteiger partial charge in [0.15, 0.2) is 0 Å². The molecule has 0 amide bonds. The fraction of sp³-hybridized carbons (Fsp3) is 1.00. The Bertz CT molecular complexity index is 141. The molecule has 2 heteroatoms. The quantitative estimate of drug-likeness (QED) is 0.708. The minimum atomic E-state index is 0.832. The average Bonchev–Trinajstić information content (AvgIpc) is 2.05. The third-order valence-corrected chi connectivity index (χ3v) is 5.00. The van der Waals surface area contributed by atoms with Crippen LogP contribution in [-0.2, 0) is 0 Å². The summed E-state index contributed by atoms with van der Waals surface area (Å²) < 4.78 is 0. The lowest BCUT2D eigenvalue weighted by molar-refractivity contribution is 0.311. The molecule has 0 spiro atoms. The van der Waals surface area contributed by atoms with E-state index in [1.165, 1.54) is 37.9 Å². The predicted octanol–water partition coefficient (Wildman–Crippen LogP) is 2.27. The Labute approximate surface area is 79.7 Å². The third kappa shape index (κ3) is 1.64. The van der Waals surface area contributed by atoms with E-state index in [4.69, 9.17) is 0 Å². The molecule has 1 aliphatic carbocycles. The second-order valence-corrected chi connectivity index (χ2v) is 5.30. The maximum Gasteiger partial charge on any atom is 0.0276 e. The maximum absolute atomic E-state index is 3.43. The molecule has 0 aromatic carbocycles. The molecule has 0 radical (unpaired) electrons. The van der Waals surface area contributed by atoms with E-state index in [-0.39, 0.29) is 0 Å². The van der Waals surface area contributed by atoms with Crippen LogP contribution in [0.4, 0.5) is 0 Å². The first-order chi connectivity index (χ1) is 5.92. The Morgan fingerprint density at radius 1 is 1.17 bits per heavy atom. The first kappa shape index (κ1) is 8.89. The Morgan fingerprint density at radius 2 is 1.92 bits per heavy atom. The SMILES string of the molecule is CNC1CSC1C1CCCCC1. The fourth-order valence-electron chi connectivity index (χ4n) is 2.48. The van der Waals surface area contributed by atoms with Crippen molar-refractivity contribution < 1.29 is 0 Å². The average molecular weight is 185 g/mol. The largest absolute Gasteiger partial charge is 0.315 e. The van der Waals surface area contributed by atoms with Gasteiger partial charge in [0.1, 0.15) is 0 Å². The molecule has 0 aromatic heterocycles. The molecule has 0 aromatic rings. The van der Waals surface area contributed by atoms with E-state index in [0.717, 1.165) is 17.2 Å². The van der Waals surface area contributed by atoms with Crippen LogP contribution in [0.15, 0.2) is 0 Å². The number of thioether (sulfide) groups is 1. The number of nitrogens with one attached hydrogen (secondary N) is 1. The summed E-state index contributed by atoms with van der Waals surface area (Å²) in [5.74, 6) is 2.38. The van der Waals surface area contributed by atoms with Gasteiger partial charge in [-0.05, 0) is 25.8 Å². The van der Waals surface area contributed by atoms with Crippen LogP contribution in [0, 0.1) is 5.92 Å². The topological polar surface area (TPSA) is 12.0 Å². The minimum Gasteiger partial charge on any atom is -0.315 e. The summed E-state index contributed by atoms with van der Waals surface area (Å²) >= 11 is 2.18. The zero-order chi connectivity index (χ0) is 8.39. The van der Waals surface area contributed by atoms with Crippen molar-refractivity contribution in [2.75, 3.05) is 12.8 Å². The van der Waals surface area contributed by atoms with Gasteiger partial charge in [-0.1, -0.05) is 19.3 Å². The minimum absolute atomic E-state index is 0.832. The van der Waals surface area contributed by atoms with Crippen molar-refractivity contribution >= 4 is 11.8 Å². The summed E-state index contributed by atoms with van der Waals surface area (Å²) in [7, 11) is 2.11. The number of hydrogen-bond donors (Lipinski definition) is 1. The van der Waals surface area contributed by atoms with Crippen LogP contribution in [0.25, 0.3) is 0 Å². The second-order valence-electron chi connectivity index (χ2n) is 4.09. The molecule has 2 atom stereocenters. The van der Waals surface area contributed by atoms with Gasteiger partial charge in [0, 0.05) is 17.0 Å². The van der Waals surface area contributed by atoms with Gasteiger partial charge < -0.3 is 5.32 Å². The first-order valence-electron chi connectivity index (χ1n) is 5.20. The molecule has 1 saturated heterocycles. The molecule has 2 rings (SSSR count). The molecule has 70 valence electrons. The van der Waals surface area contributed by atoms with Gasteiger partial charge in [-0.2, -0.15) is 11.8 Å². The molecule has 1 N–H and O–H groups in total.